The van der Waals surface area contributed by atoms with Crippen molar-refractivity contribution in [3.05, 3.63) is 74.1 Å². The minimum Gasteiger partial charge on any atom is -0.461 e. The van der Waals surface area contributed by atoms with Crippen molar-refractivity contribution >= 4 is 11.6 Å². The summed E-state index contributed by atoms with van der Waals surface area (Å²) in [5.41, 5.74) is 2.47. The summed E-state index contributed by atoms with van der Waals surface area (Å²) in [5.74, 6) is 0.632. The van der Waals surface area contributed by atoms with Gasteiger partial charge in [-0.2, -0.15) is 0 Å². The molecule has 0 aliphatic carbocycles. The van der Waals surface area contributed by atoms with Crippen molar-refractivity contribution in [3.63, 3.8) is 0 Å². The highest BCUT2D eigenvalue weighted by Gasteiger charge is 2.23. The molecule has 1 aliphatic heterocycles. The first-order valence-electron chi connectivity index (χ1n) is 8.34. The highest BCUT2D eigenvalue weighted by Crippen LogP contribution is 2.27. The Morgan fingerprint density at radius 1 is 1.38 bits per heavy atom. The molecule has 7 heteroatoms. The summed E-state index contributed by atoms with van der Waals surface area (Å²) >= 11 is 6.27. The summed E-state index contributed by atoms with van der Waals surface area (Å²) in [7, 11) is 0. The Morgan fingerprint density at radius 3 is 3.00 bits per heavy atom. The summed E-state index contributed by atoms with van der Waals surface area (Å²) in [5, 5.41) is 0.441. The molecule has 0 atom stereocenters. The molecule has 1 N–H and O–H groups in total. The Kier molecular flexibility index (Phi) is 4.38. The minimum atomic E-state index is -0.327. The van der Waals surface area contributed by atoms with Gasteiger partial charge in [-0.05, 0) is 30.7 Å². The maximum absolute atomic E-state index is 14.2. The first-order valence-corrected chi connectivity index (χ1v) is 8.72. The quantitative estimate of drug-likeness (QED) is 0.760. The lowest BCUT2D eigenvalue weighted by Crippen LogP contribution is -2.35. The van der Waals surface area contributed by atoms with Crippen LogP contribution in [0.2, 0.25) is 5.02 Å². The van der Waals surface area contributed by atoms with Crippen LogP contribution < -0.4 is 5.56 Å². The number of aromatic amines is 1. The van der Waals surface area contributed by atoms with Gasteiger partial charge in [0.25, 0.3) is 5.56 Å². The molecule has 26 heavy (non-hydrogen) atoms. The van der Waals surface area contributed by atoms with E-state index in [-0.39, 0.29) is 11.4 Å². The molecular weight excluding hydrogens is 357 g/mol. The number of aryl methyl sites for hydroxylation is 1. The van der Waals surface area contributed by atoms with Crippen LogP contribution in [0.5, 0.6) is 0 Å². The Balaban J connectivity index is 1.61. The maximum Gasteiger partial charge on any atom is 0.256 e. The first-order chi connectivity index (χ1) is 12.5. The second-order valence-corrected chi connectivity index (χ2v) is 6.81. The molecule has 4 rings (SSSR count). The number of hydrogen-bond donors (Lipinski definition) is 1. The molecule has 0 saturated heterocycles. The molecule has 0 bridgehead atoms. The van der Waals surface area contributed by atoms with Crippen molar-refractivity contribution in [2.24, 2.45) is 0 Å². The van der Waals surface area contributed by atoms with E-state index >= 15 is 0 Å². The standard InChI is InChI=1S/C19H17ClFN3O2/c1-11-4-5-14(21)12(17(11)20)9-24-7-6-15-13(10-24)19(25)23-18(22-15)16-3-2-8-26-16/h2-5,8H,6-7,9-10H2,1H3,(H,22,23,25). The van der Waals surface area contributed by atoms with E-state index in [1.54, 1.807) is 18.2 Å². The third-order valence-corrected chi connectivity index (χ3v) is 5.19. The number of furan rings is 1. The molecular formula is C19H17ClFN3O2. The van der Waals surface area contributed by atoms with Crippen LogP contribution in [0.1, 0.15) is 22.4 Å². The third-order valence-electron chi connectivity index (χ3n) is 4.66. The maximum atomic E-state index is 14.2. The zero-order valence-electron chi connectivity index (χ0n) is 14.2. The van der Waals surface area contributed by atoms with E-state index in [2.05, 4.69) is 9.97 Å². The lowest BCUT2D eigenvalue weighted by Gasteiger charge is -2.28. The molecule has 3 aromatic rings. The Morgan fingerprint density at radius 2 is 2.23 bits per heavy atom. The molecule has 0 amide bonds. The molecule has 0 saturated carbocycles. The topological polar surface area (TPSA) is 62.1 Å². The summed E-state index contributed by atoms with van der Waals surface area (Å²) in [6.07, 6.45) is 2.15. The van der Waals surface area contributed by atoms with E-state index < -0.39 is 0 Å². The SMILES string of the molecule is Cc1ccc(F)c(CN2CCc3nc(-c4ccco4)[nH]c(=O)c3C2)c1Cl. The molecule has 1 aliphatic rings. The average molecular weight is 374 g/mol. The van der Waals surface area contributed by atoms with Crippen molar-refractivity contribution in [1.82, 2.24) is 14.9 Å². The van der Waals surface area contributed by atoms with E-state index in [0.29, 0.717) is 53.8 Å². The van der Waals surface area contributed by atoms with Gasteiger partial charge in [-0.25, -0.2) is 9.37 Å². The van der Waals surface area contributed by atoms with Gasteiger partial charge in [0.15, 0.2) is 11.6 Å². The molecule has 2 aromatic heterocycles. The van der Waals surface area contributed by atoms with Gasteiger partial charge in [0.05, 0.1) is 22.5 Å². The Bertz CT molecular complexity index is 1010. The molecule has 0 fully saturated rings. The number of hydrogen-bond acceptors (Lipinski definition) is 4. The molecule has 0 unspecified atom stereocenters. The number of fused-ring (bicyclic) bond motifs is 1. The number of aromatic nitrogens is 2. The number of H-pyrrole nitrogens is 1. The van der Waals surface area contributed by atoms with Gasteiger partial charge < -0.3 is 9.40 Å². The van der Waals surface area contributed by atoms with Crippen molar-refractivity contribution in [2.75, 3.05) is 6.54 Å². The fourth-order valence-corrected chi connectivity index (χ4v) is 3.44. The highest BCUT2D eigenvalue weighted by molar-refractivity contribution is 6.32. The van der Waals surface area contributed by atoms with Crippen LogP contribution in [0.15, 0.2) is 39.7 Å². The second kappa shape index (κ2) is 6.70. The van der Waals surface area contributed by atoms with E-state index in [4.69, 9.17) is 16.0 Å². The van der Waals surface area contributed by atoms with Gasteiger partial charge >= 0.3 is 0 Å². The fraction of sp³-hybridized carbons (Fsp3) is 0.263. The predicted molar refractivity (Wildman–Crippen MR) is 96.5 cm³/mol. The monoisotopic (exact) mass is 373 g/mol. The Labute approximate surface area is 154 Å². The molecule has 134 valence electrons. The number of halogens is 2. The third kappa shape index (κ3) is 3.06. The summed E-state index contributed by atoms with van der Waals surface area (Å²) in [6.45, 7) is 3.28. The van der Waals surface area contributed by atoms with Crippen LogP contribution in [0.3, 0.4) is 0 Å². The molecule has 0 spiro atoms. The Hall–Kier alpha value is -2.44. The van der Waals surface area contributed by atoms with Gasteiger partial charge in [-0.15, -0.1) is 0 Å². The lowest BCUT2D eigenvalue weighted by molar-refractivity contribution is 0.238. The van der Waals surface area contributed by atoms with Crippen LogP contribution in [0.4, 0.5) is 4.39 Å². The predicted octanol–water partition coefficient (Wildman–Crippen LogP) is 3.69. The van der Waals surface area contributed by atoms with Crippen LogP contribution >= 0.6 is 11.6 Å². The van der Waals surface area contributed by atoms with E-state index in [0.717, 1.165) is 11.3 Å². The summed E-state index contributed by atoms with van der Waals surface area (Å²) in [6, 6.07) is 6.59. The smallest absolute Gasteiger partial charge is 0.256 e. The van der Waals surface area contributed by atoms with Crippen molar-refractivity contribution < 1.29 is 8.81 Å². The average Bonchev–Trinajstić information content (AvgIpc) is 3.17. The largest absolute Gasteiger partial charge is 0.461 e. The molecule has 1 aromatic carbocycles. The first kappa shape index (κ1) is 17.0. The van der Waals surface area contributed by atoms with E-state index in [1.165, 1.54) is 12.3 Å². The number of nitrogens with one attached hydrogen (secondary N) is 1. The fourth-order valence-electron chi connectivity index (χ4n) is 3.23. The van der Waals surface area contributed by atoms with Crippen molar-refractivity contribution in [1.29, 1.82) is 0 Å². The van der Waals surface area contributed by atoms with E-state index in [1.807, 2.05) is 11.8 Å². The van der Waals surface area contributed by atoms with Crippen LogP contribution in [-0.2, 0) is 19.5 Å². The van der Waals surface area contributed by atoms with Crippen molar-refractivity contribution in [2.45, 2.75) is 26.4 Å². The van der Waals surface area contributed by atoms with Crippen LogP contribution in [0.25, 0.3) is 11.6 Å². The highest BCUT2D eigenvalue weighted by atomic mass is 35.5. The van der Waals surface area contributed by atoms with Crippen molar-refractivity contribution in [3.8, 4) is 11.6 Å². The van der Waals surface area contributed by atoms with Crippen LogP contribution in [-0.4, -0.2) is 21.4 Å². The molecule has 3 heterocycles. The van der Waals surface area contributed by atoms with E-state index in [9.17, 15) is 9.18 Å². The van der Waals surface area contributed by atoms with Gasteiger partial charge in [-0.1, -0.05) is 17.7 Å². The molecule has 0 radical (unpaired) electrons. The number of nitrogens with zero attached hydrogens (tertiary/aromatic N) is 2. The van der Waals surface area contributed by atoms with Gasteiger partial charge in [-0.3, -0.25) is 9.69 Å². The van der Waals surface area contributed by atoms with Gasteiger partial charge in [0.2, 0.25) is 0 Å². The minimum absolute atomic E-state index is 0.193. The molecule has 5 nitrogen and oxygen atoms in total. The van der Waals surface area contributed by atoms with Gasteiger partial charge in [0, 0.05) is 31.6 Å². The zero-order valence-corrected chi connectivity index (χ0v) is 14.9. The number of benzene rings is 1. The normalized spacial score (nSPS) is 14.4. The summed E-state index contributed by atoms with van der Waals surface area (Å²) < 4.78 is 19.5. The number of rotatable bonds is 3. The van der Waals surface area contributed by atoms with Gasteiger partial charge in [0.1, 0.15) is 5.82 Å². The van der Waals surface area contributed by atoms with Crippen LogP contribution in [0, 0.1) is 12.7 Å². The lowest BCUT2D eigenvalue weighted by atomic mass is 10.0. The summed E-state index contributed by atoms with van der Waals surface area (Å²) in [4.78, 5) is 21.8. The zero-order chi connectivity index (χ0) is 18.3. The second-order valence-electron chi connectivity index (χ2n) is 6.43.